The van der Waals surface area contributed by atoms with Crippen molar-refractivity contribution in [3.63, 3.8) is 0 Å². The Morgan fingerprint density at radius 3 is 1.00 bits per heavy atom. The molecule has 0 heterocycles. The summed E-state index contributed by atoms with van der Waals surface area (Å²) in [6.45, 7) is 6.93. The van der Waals surface area contributed by atoms with Crippen molar-refractivity contribution in [2.75, 3.05) is 41.1 Å². The summed E-state index contributed by atoms with van der Waals surface area (Å²) in [7, 11) is 0. The molecule has 6 nitrogen and oxygen atoms in total. The quantitative estimate of drug-likeness (QED) is 0.0367. The van der Waals surface area contributed by atoms with Crippen LogP contribution in [0.4, 0.5) is 0 Å². The predicted octanol–water partition coefficient (Wildman–Crippen LogP) is 16.2. The molecule has 0 aromatic carbocycles. The average Bonchev–Trinajstić information content (AvgIpc) is 3.24. The van der Waals surface area contributed by atoms with Gasteiger partial charge in [0, 0.05) is 6.42 Å². The van der Waals surface area contributed by atoms with Crippen LogP contribution in [0.5, 0.6) is 0 Å². The van der Waals surface area contributed by atoms with Gasteiger partial charge in [-0.2, -0.15) is 35.3 Å². The Morgan fingerprint density at radius 1 is 0.383 bits per heavy atom. The zero-order valence-electron chi connectivity index (χ0n) is 40.0. The van der Waals surface area contributed by atoms with E-state index in [-0.39, 0.29) is 36.6 Å². The lowest BCUT2D eigenvalue weighted by Gasteiger charge is -2.19. The second-order valence-electron chi connectivity index (χ2n) is 17.4. The third-order valence-electron chi connectivity index (χ3n) is 11.3. The number of hydrogen-bond donors (Lipinski definition) is 1. The summed E-state index contributed by atoms with van der Waals surface area (Å²) in [5.41, 5.74) is 0. The van der Waals surface area contributed by atoms with E-state index in [1.54, 1.807) is 35.3 Å². The highest BCUT2D eigenvalue weighted by atomic mass is 32.2. The Hall–Kier alpha value is -0.540. The maximum atomic E-state index is 12.9. The van der Waals surface area contributed by atoms with Crippen molar-refractivity contribution in [3.05, 3.63) is 0 Å². The molecule has 0 fully saturated rings. The third kappa shape index (κ3) is 48.5. The summed E-state index contributed by atoms with van der Waals surface area (Å²) in [5, 5.41) is 2.91. The minimum Gasteiger partial charge on any atom is -0.465 e. The highest BCUT2D eigenvalue weighted by Crippen LogP contribution is 2.17. The largest absolute Gasteiger partial charge is 0.465 e. The Morgan fingerprint density at radius 2 is 0.667 bits per heavy atom. The van der Waals surface area contributed by atoms with E-state index in [2.05, 4.69) is 26.1 Å². The van der Waals surface area contributed by atoms with Crippen LogP contribution in [0.3, 0.4) is 0 Å². The van der Waals surface area contributed by atoms with E-state index in [9.17, 15) is 14.4 Å². The monoisotopic (exact) mass is 902 g/mol. The molecule has 0 saturated carbocycles. The molecule has 0 aliphatic carbocycles. The summed E-state index contributed by atoms with van der Waals surface area (Å²) in [4.78, 5) is 38.1. The van der Waals surface area contributed by atoms with Gasteiger partial charge >= 0.3 is 11.9 Å². The molecule has 356 valence electrons. The molecule has 1 atom stereocenters. The molecule has 9 heteroatoms. The van der Waals surface area contributed by atoms with Gasteiger partial charge in [0.15, 0.2) is 6.23 Å². The molecule has 0 bridgehead atoms. The van der Waals surface area contributed by atoms with Gasteiger partial charge in [-0.25, -0.2) is 0 Å². The van der Waals surface area contributed by atoms with E-state index in [1.165, 1.54) is 212 Å². The fourth-order valence-corrected chi connectivity index (χ4v) is 9.92. The highest BCUT2D eigenvalue weighted by Gasteiger charge is 2.18. The number of hydrogen-bond acceptors (Lipinski definition) is 8. The van der Waals surface area contributed by atoms with Crippen molar-refractivity contribution in [2.45, 2.75) is 265 Å². The van der Waals surface area contributed by atoms with E-state index in [1.807, 2.05) is 0 Å². The van der Waals surface area contributed by atoms with Gasteiger partial charge in [0.2, 0.25) is 5.91 Å². The molecule has 1 N–H and O–H groups in total. The number of amides is 1. The molecule has 1 unspecified atom stereocenters. The van der Waals surface area contributed by atoms with Crippen LogP contribution in [0.25, 0.3) is 0 Å². The fraction of sp³-hybridized carbons (Fsp3) is 0.941. The van der Waals surface area contributed by atoms with Gasteiger partial charge in [-0.05, 0) is 36.5 Å². The standard InChI is InChI=1S/C51H99NO5S3/c1-4-7-10-13-16-19-22-25-28-31-34-37-42-58-45-48(53)52-49(57-51(55)47-60-44-39-36-33-30-27-24-21-18-15-12-9-6-3)40-41-56-50(54)46-59-43-38-35-32-29-26-23-20-17-14-11-8-5-2/h49H,4-47H2,1-3H3,(H,52,53). The Labute approximate surface area is 386 Å². The number of esters is 2. The highest BCUT2D eigenvalue weighted by molar-refractivity contribution is 8.00. The number of nitrogens with one attached hydrogen (secondary N) is 1. The fourth-order valence-electron chi connectivity index (χ4n) is 7.51. The van der Waals surface area contributed by atoms with Crippen LogP contribution in [0, 0.1) is 0 Å². The summed E-state index contributed by atoms with van der Waals surface area (Å²) in [6.07, 6.45) is 47.1. The summed E-state index contributed by atoms with van der Waals surface area (Å²) in [5.74, 6) is 3.11. The molecule has 0 radical (unpaired) electrons. The van der Waals surface area contributed by atoms with Gasteiger partial charge in [0.05, 0.1) is 23.9 Å². The van der Waals surface area contributed by atoms with Crippen LogP contribution >= 0.6 is 35.3 Å². The summed E-state index contributed by atoms with van der Waals surface area (Å²) >= 11 is 4.88. The van der Waals surface area contributed by atoms with Crippen molar-refractivity contribution in [1.82, 2.24) is 5.32 Å². The van der Waals surface area contributed by atoms with Crippen molar-refractivity contribution in [3.8, 4) is 0 Å². The molecule has 0 aromatic rings. The minimum absolute atomic E-state index is 0.119. The van der Waals surface area contributed by atoms with E-state index < -0.39 is 6.23 Å². The Kier molecular flexibility index (Phi) is 50.6. The number of carbonyl (C=O) groups excluding carboxylic acids is 3. The maximum absolute atomic E-state index is 12.9. The van der Waals surface area contributed by atoms with Gasteiger partial charge < -0.3 is 14.8 Å². The second-order valence-corrected chi connectivity index (χ2v) is 20.7. The first kappa shape index (κ1) is 59.5. The van der Waals surface area contributed by atoms with Crippen LogP contribution in [-0.4, -0.2) is 65.2 Å². The normalized spacial score (nSPS) is 11.8. The molecule has 1 amide bonds. The van der Waals surface area contributed by atoms with Gasteiger partial charge in [-0.3, -0.25) is 14.4 Å². The van der Waals surface area contributed by atoms with Crippen LogP contribution in [0.2, 0.25) is 0 Å². The van der Waals surface area contributed by atoms with Gasteiger partial charge in [-0.15, -0.1) is 0 Å². The molecule has 0 aliphatic rings. The molecule has 60 heavy (non-hydrogen) atoms. The molecule has 0 spiro atoms. The minimum atomic E-state index is -0.786. The van der Waals surface area contributed by atoms with E-state index in [4.69, 9.17) is 9.47 Å². The lowest BCUT2D eigenvalue weighted by atomic mass is 10.1. The topological polar surface area (TPSA) is 81.7 Å². The Balaban J connectivity index is 4.30. The molecule has 0 rings (SSSR count). The number of thioether (sulfide) groups is 3. The predicted molar refractivity (Wildman–Crippen MR) is 269 cm³/mol. The lowest BCUT2D eigenvalue weighted by Crippen LogP contribution is -2.40. The van der Waals surface area contributed by atoms with Crippen LogP contribution < -0.4 is 5.32 Å². The zero-order valence-corrected chi connectivity index (χ0v) is 42.4. The third-order valence-corrected chi connectivity index (χ3v) is 14.4. The smallest absolute Gasteiger partial charge is 0.317 e. The average molecular weight is 903 g/mol. The SMILES string of the molecule is CCCCCCCCCCCCCCSCC(=O)NC(CCOC(=O)CSCCCCCCCCCCCCCC)OC(=O)CSCCCCCCCCCCCCCC. The number of carbonyl (C=O) groups is 3. The first-order valence-electron chi connectivity index (χ1n) is 25.9. The lowest BCUT2D eigenvalue weighted by molar-refractivity contribution is -0.150. The van der Waals surface area contributed by atoms with Gasteiger partial charge in [0.25, 0.3) is 0 Å². The van der Waals surface area contributed by atoms with E-state index >= 15 is 0 Å². The van der Waals surface area contributed by atoms with E-state index in [0.717, 1.165) is 36.5 Å². The summed E-state index contributed by atoms with van der Waals surface area (Å²) in [6, 6.07) is 0. The van der Waals surface area contributed by atoms with Crippen LogP contribution in [0.15, 0.2) is 0 Å². The molecular formula is C51H99NO5S3. The van der Waals surface area contributed by atoms with Crippen molar-refractivity contribution < 1.29 is 23.9 Å². The van der Waals surface area contributed by atoms with Crippen LogP contribution in [-0.2, 0) is 23.9 Å². The van der Waals surface area contributed by atoms with Crippen molar-refractivity contribution >= 4 is 53.1 Å². The first-order chi connectivity index (χ1) is 29.5. The number of unbranched alkanes of at least 4 members (excludes halogenated alkanes) is 33. The van der Waals surface area contributed by atoms with Gasteiger partial charge in [0.1, 0.15) is 0 Å². The molecular weight excluding hydrogens is 803 g/mol. The molecule has 0 aliphatic heterocycles. The first-order valence-corrected chi connectivity index (χ1v) is 29.4. The van der Waals surface area contributed by atoms with Gasteiger partial charge in [-0.1, -0.05) is 233 Å². The summed E-state index contributed by atoms with van der Waals surface area (Å²) < 4.78 is 11.2. The second kappa shape index (κ2) is 51.1. The number of ether oxygens (including phenoxy) is 2. The van der Waals surface area contributed by atoms with E-state index in [0.29, 0.717) is 11.5 Å². The number of rotatable bonds is 50. The molecule has 0 saturated heterocycles. The van der Waals surface area contributed by atoms with Crippen LogP contribution in [0.1, 0.15) is 258 Å². The zero-order chi connectivity index (χ0) is 43.7. The molecule has 0 aromatic heterocycles. The van der Waals surface area contributed by atoms with Crippen molar-refractivity contribution in [1.29, 1.82) is 0 Å². The van der Waals surface area contributed by atoms with Crippen molar-refractivity contribution in [2.24, 2.45) is 0 Å². The maximum Gasteiger partial charge on any atom is 0.317 e. The Bertz CT molecular complexity index is 864.